The van der Waals surface area contributed by atoms with E-state index in [1.807, 2.05) is 12.1 Å². The summed E-state index contributed by atoms with van der Waals surface area (Å²) >= 11 is 4.86. The van der Waals surface area contributed by atoms with Gasteiger partial charge in [0.05, 0.1) is 5.52 Å². The summed E-state index contributed by atoms with van der Waals surface area (Å²) in [6, 6.07) is 3.79. The number of aromatic amines is 2. The number of hydrogen-bond donors (Lipinski definition) is 2. The molecule has 3 nitrogen and oxygen atoms in total. The van der Waals surface area contributed by atoms with Gasteiger partial charge in [-0.2, -0.15) is 0 Å². The number of nitrogens with zero attached hydrogens (tertiary/aromatic N) is 1. The number of imidazole rings is 1. The fourth-order valence-corrected chi connectivity index (χ4v) is 1.07. The minimum atomic E-state index is 0. The fourth-order valence-electron chi connectivity index (χ4n) is 0.867. The maximum Gasteiger partial charge on any atom is 0.176 e. The van der Waals surface area contributed by atoms with E-state index < -0.39 is 0 Å². The molecule has 54 valence electrons. The van der Waals surface area contributed by atoms with Gasteiger partial charge in [-0.1, -0.05) is 0 Å². The maximum atomic E-state index is 4.86. The van der Waals surface area contributed by atoms with Gasteiger partial charge in [0.2, 0.25) is 0 Å². The zero-order chi connectivity index (χ0) is 6.97. The Hall–Kier alpha value is -1.16. The zero-order valence-electron chi connectivity index (χ0n) is 5.09. The van der Waals surface area contributed by atoms with Crippen LogP contribution in [0.15, 0.2) is 18.3 Å². The van der Waals surface area contributed by atoms with E-state index in [-0.39, 0.29) is 2.85 Å². The fraction of sp³-hybridized carbons (Fsp3) is 0. The minimum absolute atomic E-state index is 0. The molecule has 4 heteroatoms. The van der Waals surface area contributed by atoms with E-state index in [1.165, 1.54) is 0 Å². The third-order valence-corrected chi connectivity index (χ3v) is 1.49. The van der Waals surface area contributed by atoms with E-state index in [0.717, 1.165) is 11.2 Å². The molecule has 10 heavy (non-hydrogen) atoms. The average Bonchev–Trinajstić information content (AvgIpc) is 2.27. The van der Waals surface area contributed by atoms with Gasteiger partial charge in [-0.25, -0.2) is 4.98 Å². The summed E-state index contributed by atoms with van der Waals surface area (Å²) in [5.41, 5.74) is 1.76. The molecule has 0 fully saturated rings. The molecule has 2 heterocycles. The molecule has 0 aliphatic rings. The van der Waals surface area contributed by atoms with Gasteiger partial charge in [-0.15, -0.1) is 0 Å². The summed E-state index contributed by atoms with van der Waals surface area (Å²) in [6.45, 7) is 0. The van der Waals surface area contributed by atoms with Crippen molar-refractivity contribution < 1.29 is 2.85 Å². The molecule has 0 atom stereocenters. The van der Waals surface area contributed by atoms with Crippen LogP contribution in [0, 0.1) is 4.77 Å². The summed E-state index contributed by atoms with van der Waals surface area (Å²) in [6.07, 6.45) is 1.72. The first kappa shape index (κ1) is 5.61. The van der Waals surface area contributed by atoms with Crippen molar-refractivity contribution >= 4 is 23.4 Å². The normalized spacial score (nSPS) is 10.4. The predicted octanol–water partition coefficient (Wildman–Crippen LogP) is 2.11. The maximum absolute atomic E-state index is 4.86. The SMILES string of the molecule is S=c1[nH]c2cccnc2[nH]1.[HH].[HH]. The number of pyridine rings is 1. The van der Waals surface area contributed by atoms with E-state index in [2.05, 4.69) is 15.0 Å². The van der Waals surface area contributed by atoms with Gasteiger partial charge < -0.3 is 9.97 Å². The first-order chi connectivity index (χ1) is 4.86. The largest absolute Gasteiger partial charge is 0.329 e. The third-order valence-electron chi connectivity index (χ3n) is 1.29. The van der Waals surface area contributed by atoms with Gasteiger partial charge in [0.15, 0.2) is 10.4 Å². The van der Waals surface area contributed by atoms with Crippen molar-refractivity contribution in [2.45, 2.75) is 0 Å². The molecule has 0 radical (unpaired) electrons. The molecule has 0 aliphatic heterocycles. The Morgan fingerprint density at radius 1 is 1.50 bits per heavy atom. The lowest BCUT2D eigenvalue weighted by atomic mass is 10.4. The lowest BCUT2D eigenvalue weighted by Crippen LogP contribution is -1.71. The second-order valence-corrected chi connectivity index (χ2v) is 2.39. The molecule has 2 rings (SSSR count). The minimum Gasteiger partial charge on any atom is -0.329 e. The molecule has 0 amide bonds. The number of nitrogens with one attached hydrogen (secondary N) is 2. The molecule has 0 saturated carbocycles. The van der Waals surface area contributed by atoms with Crippen molar-refractivity contribution in [2.24, 2.45) is 0 Å². The summed E-state index contributed by atoms with van der Waals surface area (Å²) in [5, 5.41) is 0. The third kappa shape index (κ3) is 0.733. The lowest BCUT2D eigenvalue weighted by molar-refractivity contribution is 1.27. The van der Waals surface area contributed by atoms with Crippen LogP contribution in [-0.4, -0.2) is 15.0 Å². The van der Waals surface area contributed by atoms with Crippen LogP contribution < -0.4 is 0 Å². The van der Waals surface area contributed by atoms with E-state index in [4.69, 9.17) is 12.2 Å². The number of hydrogen-bond acceptors (Lipinski definition) is 2. The smallest absolute Gasteiger partial charge is 0.176 e. The van der Waals surface area contributed by atoms with Crippen molar-refractivity contribution in [2.75, 3.05) is 0 Å². The van der Waals surface area contributed by atoms with Gasteiger partial charge in [0.25, 0.3) is 0 Å². The van der Waals surface area contributed by atoms with Crippen LogP contribution in [-0.2, 0) is 0 Å². The number of aromatic nitrogens is 3. The average molecular weight is 155 g/mol. The predicted molar refractivity (Wildman–Crippen MR) is 45.5 cm³/mol. The lowest BCUT2D eigenvalue weighted by Gasteiger charge is -1.81. The highest BCUT2D eigenvalue weighted by Gasteiger charge is 1.91. The molecule has 0 aliphatic carbocycles. The summed E-state index contributed by atoms with van der Waals surface area (Å²) in [4.78, 5) is 9.91. The Labute approximate surface area is 65.1 Å². The Kier molecular flexibility index (Phi) is 1.07. The Bertz CT molecular complexity index is 372. The van der Waals surface area contributed by atoms with Crippen molar-refractivity contribution in [3.8, 4) is 0 Å². The topological polar surface area (TPSA) is 44.5 Å². The monoisotopic (exact) mass is 155 g/mol. The highest BCUT2D eigenvalue weighted by molar-refractivity contribution is 7.71. The first-order valence-corrected chi connectivity index (χ1v) is 3.30. The number of fused-ring (bicyclic) bond motifs is 1. The Balaban J connectivity index is 0.000000605. The van der Waals surface area contributed by atoms with Crippen molar-refractivity contribution in [1.29, 1.82) is 0 Å². The summed E-state index contributed by atoms with van der Waals surface area (Å²) in [5.74, 6) is 0. The van der Waals surface area contributed by atoms with Crippen LogP contribution in [0.1, 0.15) is 2.85 Å². The summed E-state index contributed by atoms with van der Waals surface area (Å²) in [7, 11) is 0. The van der Waals surface area contributed by atoms with Gasteiger partial charge in [0, 0.05) is 9.05 Å². The van der Waals surface area contributed by atoms with E-state index in [9.17, 15) is 0 Å². The standard InChI is InChI=1S/C6H5N3S.2H2/c10-6-8-4-2-1-3-7-5(4)9-6;;/h1-3H,(H2,7,8,9,10);2*1H. The van der Waals surface area contributed by atoms with Crippen molar-refractivity contribution in [3.63, 3.8) is 0 Å². The highest BCUT2D eigenvalue weighted by Crippen LogP contribution is 2.03. The molecule has 0 unspecified atom stereocenters. The molecular weight excluding hydrogens is 146 g/mol. The second kappa shape index (κ2) is 1.91. The number of rotatable bonds is 0. The summed E-state index contributed by atoms with van der Waals surface area (Å²) < 4.78 is 0.619. The molecule has 2 aromatic rings. The van der Waals surface area contributed by atoms with Gasteiger partial charge in [-0.05, 0) is 24.4 Å². The van der Waals surface area contributed by atoms with E-state index >= 15 is 0 Å². The van der Waals surface area contributed by atoms with Crippen LogP contribution in [0.3, 0.4) is 0 Å². The van der Waals surface area contributed by atoms with Crippen LogP contribution in [0.5, 0.6) is 0 Å². The van der Waals surface area contributed by atoms with E-state index in [0.29, 0.717) is 4.77 Å². The van der Waals surface area contributed by atoms with Gasteiger partial charge in [-0.3, -0.25) is 0 Å². The molecule has 2 aromatic heterocycles. The highest BCUT2D eigenvalue weighted by atomic mass is 32.1. The number of H-pyrrole nitrogens is 2. The van der Waals surface area contributed by atoms with Crippen LogP contribution >= 0.6 is 12.2 Å². The molecular formula is C6H9N3S. The molecule has 0 bridgehead atoms. The van der Waals surface area contributed by atoms with Gasteiger partial charge >= 0.3 is 0 Å². The van der Waals surface area contributed by atoms with Crippen LogP contribution in [0.4, 0.5) is 0 Å². The van der Waals surface area contributed by atoms with Crippen LogP contribution in [0.25, 0.3) is 11.2 Å². The first-order valence-electron chi connectivity index (χ1n) is 2.89. The molecule has 0 saturated heterocycles. The zero-order valence-corrected chi connectivity index (χ0v) is 5.90. The molecule has 0 aromatic carbocycles. The molecule has 0 spiro atoms. The Morgan fingerprint density at radius 3 is 3.20 bits per heavy atom. The van der Waals surface area contributed by atoms with Gasteiger partial charge in [0.1, 0.15) is 0 Å². The molecule has 2 N–H and O–H groups in total. The Morgan fingerprint density at radius 2 is 2.40 bits per heavy atom. The van der Waals surface area contributed by atoms with Crippen LogP contribution in [0.2, 0.25) is 0 Å². The van der Waals surface area contributed by atoms with E-state index in [1.54, 1.807) is 6.20 Å². The second-order valence-electron chi connectivity index (χ2n) is 1.98. The van der Waals surface area contributed by atoms with Crippen molar-refractivity contribution in [3.05, 3.63) is 23.1 Å². The van der Waals surface area contributed by atoms with Crippen molar-refractivity contribution in [1.82, 2.24) is 15.0 Å². The quantitative estimate of drug-likeness (QED) is 0.572.